The monoisotopic (exact) mass is 418 g/mol. The van der Waals surface area contributed by atoms with Crippen molar-refractivity contribution in [2.45, 2.75) is 18.9 Å². The molecule has 3 aliphatic rings. The van der Waals surface area contributed by atoms with Crippen LogP contribution in [0.4, 0.5) is 15.9 Å². The van der Waals surface area contributed by atoms with E-state index in [1.54, 1.807) is 18.5 Å². The molecule has 2 aliphatic heterocycles. The van der Waals surface area contributed by atoms with Gasteiger partial charge in [0.1, 0.15) is 17.4 Å². The Morgan fingerprint density at radius 1 is 1.26 bits per heavy atom. The van der Waals surface area contributed by atoms with Gasteiger partial charge in [0.25, 0.3) is 0 Å². The summed E-state index contributed by atoms with van der Waals surface area (Å²) in [5.41, 5.74) is 4.49. The van der Waals surface area contributed by atoms with E-state index in [1.165, 1.54) is 12.5 Å². The number of benzene rings is 1. The third-order valence-electron chi connectivity index (χ3n) is 6.55. The number of ether oxygens (including phenoxy) is 1. The van der Waals surface area contributed by atoms with Crippen molar-refractivity contribution in [3.8, 4) is 22.9 Å². The van der Waals surface area contributed by atoms with Crippen LogP contribution in [0.15, 0.2) is 36.7 Å². The fourth-order valence-corrected chi connectivity index (χ4v) is 5.13. The minimum atomic E-state index is -0.266. The van der Waals surface area contributed by atoms with Crippen LogP contribution in [-0.2, 0) is 6.42 Å². The maximum Gasteiger partial charge on any atom is 0.324 e. The molecule has 2 fully saturated rings. The maximum atomic E-state index is 14.4. The summed E-state index contributed by atoms with van der Waals surface area (Å²) in [6.07, 6.45) is 5.12. The molecule has 7 nitrogen and oxygen atoms in total. The lowest BCUT2D eigenvalue weighted by Crippen LogP contribution is -2.30. The predicted molar refractivity (Wildman–Crippen MR) is 116 cm³/mol. The lowest BCUT2D eigenvalue weighted by atomic mass is 10.0. The van der Waals surface area contributed by atoms with E-state index in [1.807, 2.05) is 19.2 Å². The highest BCUT2D eigenvalue weighted by atomic mass is 19.1. The average molecular weight is 418 g/mol. The first-order valence-electron chi connectivity index (χ1n) is 10.7. The van der Waals surface area contributed by atoms with E-state index in [-0.39, 0.29) is 5.82 Å². The van der Waals surface area contributed by atoms with Crippen LogP contribution in [0, 0.1) is 11.7 Å². The smallest absolute Gasteiger partial charge is 0.324 e. The first kappa shape index (κ1) is 18.5. The number of nitrogens with one attached hydrogen (secondary N) is 2. The predicted octanol–water partition coefficient (Wildman–Crippen LogP) is 3.21. The zero-order valence-electron chi connectivity index (χ0n) is 17.2. The zero-order chi connectivity index (χ0) is 20.9. The Labute approximate surface area is 179 Å². The SMILES string of the molecule is CNc1cc(F)cc2c1Cc1nc(Oc3cccnc3)nc(N3C[C@H]4CCN[C@H]4C3)c1-2. The lowest BCUT2D eigenvalue weighted by molar-refractivity contribution is 0.438. The van der Waals surface area contributed by atoms with Crippen LogP contribution in [0.5, 0.6) is 11.8 Å². The highest BCUT2D eigenvalue weighted by molar-refractivity contribution is 5.88. The first-order chi connectivity index (χ1) is 15.2. The van der Waals surface area contributed by atoms with Gasteiger partial charge >= 0.3 is 6.01 Å². The normalized spacial score (nSPS) is 21.0. The Balaban J connectivity index is 1.47. The Kier molecular flexibility index (Phi) is 4.27. The fraction of sp³-hybridized carbons (Fsp3) is 0.348. The first-order valence-corrected chi connectivity index (χ1v) is 10.7. The number of fused-ring (bicyclic) bond motifs is 4. The molecule has 0 unspecified atom stereocenters. The van der Waals surface area contributed by atoms with Crippen molar-refractivity contribution in [3.63, 3.8) is 0 Å². The third kappa shape index (κ3) is 3.09. The molecule has 8 heteroatoms. The van der Waals surface area contributed by atoms with Crippen molar-refractivity contribution in [1.29, 1.82) is 0 Å². The summed E-state index contributed by atoms with van der Waals surface area (Å²) in [5, 5.41) is 6.72. The van der Waals surface area contributed by atoms with Crippen LogP contribution in [0.3, 0.4) is 0 Å². The molecule has 0 saturated carbocycles. The molecule has 158 valence electrons. The summed E-state index contributed by atoms with van der Waals surface area (Å²) in [6.45, 7) is 2.88. The average Bonchev–Trinajstić information content (AvgIpc) is 3.46. The molecule has 0 spiro atoms. The molecular formula is C23H23FN6O. The summed E-state index contributed by atoms with van der Waals surface area (Å²) in [6, 6.07) is 7.55. The van der Waals surface area contributed by atoms with Gasteiger partial charge in [-0.15, -0.1) is 0 Å². The number of hydrogen-bond acceptors (Lipinski definition) is 7. The van der Waals surface area contributed by atoms with Gasteiger partial charge in [0.15, 0.2) is 0 Å². The summed E-state index contributed by atoms with van der Waals surface area (Å²) < 4.78 is 20.4. The van der Waals surface area contributed by atoms with E-state index in [9.17, 15) is 4.39 Å². The molecule has 0 radical (unpaired) electrons. The molecule has 6 rings (SSSR count). The Morgan fingerprint density at radius 3 is 3.00 bits per heavy atom. The lowest BCUT2D eigenvalue weighted by Gasteiger charge is -2.22. The third-order valence-corrected chi connectivity index (χ3v) is 6.55. The summed E-state index contributed by atoms with van der Waals surface area (Å²) in [7, 11) is 1.81. The quantitative estimate of drug-likeness (QED) is 0.527. The molecule has 0 amide bonds. The number of aromatic nitrogens is 3. The number of pyridine rings is 1. The van der Waals surface area contributed by atoms with Gasteiger partial charge in [-0.3, -0.25) is 4.98 Å². The van der Waals surface area contributed by atoms with Gasteiger partial charge in [-0.25, -0.2) is 4.39 Å². The van der Waals surface area contributed by atoms with Gasteiger partial charge in [0.05, 0.1) is 11.9 Å². The molecule has 2 aromatic heterocycles. The van der Waals surface area contributed by atoms with Crippen LogP contribution in [0.2, 0.25) is 0 Å². The van der Waals surface area contributed by atoms with Crippen LogP contribution >= 0.6 is 0 Å². The van der Waals surface area contributed by atoms with Gasteiger partial charge < -0.3 is 20.3 Å². The second-order valence-corrected chi connectivity index (χ2v) is 8.36. The van der Waals surface area contributed by atoms with E-state index in [0.29, 0.717) is 30.1 Å². The highest BCUT2D eigenvalue weighted by Crippen LogP contribution is 2.46. The number of rotatable bonds is 4. The van der Waals surface area contributed by atoms with Crippen LogP contribution in [0.25, 0.3) is 11.1 Å². The Morgan fingerprint density at radius 2 is 2.19 bits per heavy atom. The molecule has 0 bridgehead atoms. The maximum absolute atomic E-state index is 14.4. The fourth-order valence-electron chi connectivity index (χ4n) is 5.13. The van der Waals surface area contributed by atoms with Crippen molar-refractivity contribution >= 4 is 11.5 Å². The molecule has 2 atom stereocenters. The summed E-state index contributed by atoms with van der Waals surface area (Å²) in [5.74, 6) is 1.75. The number of nitrogens with zero attached hydrogens (tertiary/aromatic N) is 4. The van der Waals surface area contributed by atoms with Gasteiger partial charge in [-0.1, -0.05) is 0 Å². The van der Waals surface area contributed by atoms with Gasteiger partial charge in [-0.2, -0.15) is 9.97 Å². The molecule has 2 saturated heterocycles. The van der Waals surface area contributed by atoms with Gasteiger partial charge in [0.2, 0.25) is 0 Å². The zero-order valence-corrected chi connectivity index (χ0v) is 17.2. The molecule has 2 N–H and O–H groups in total. The van der Waals surface area contributed by atoms with E-state index in [4.69, 9.17) is 14.7 Å². The Bertz CT molecular complexity index is 1140. The van der Waals surface area contributed by atoms with Crippen LogP contribution in [0.1, 0.15) is 17.7 Å². The van der Waals surface area contributed by atoms with E-state index >= 15 is 0 Å². The minimum absolute atomic E-state index is 0.266. The van der Waals surface area contributed by atoms with E-state index in [0.717, 1.165) is 53.5 Å². The van der Waals surface area contributed by atoms with E-state index < -0.39 is 0 Å². The van der Waals surface area contributed by atoms with Gasteiger partial charge in [0, 0.05) is 50.0 Å². The van der Waals surface area contributed by atoms with Gasteiger partial charge in [-0.05, 0) is 54.3 Å². The van der Waals surface area contributed by atoms with E-state index in [2.05, 4.69) is 20.5 Å². The number of hydrogen-bond donors (Lipinski definition) is 2. The van der Waals surface area contributed by atoms with Crippen molar-refractivity contribution in [1.82, 2.24) is 20.3 Å². The number of halogens is 1. The Hall–Kier alpha value is -3.26. The van der Waals surface area contributed by atoms with Crippen molar-refractivity contribution in [2.24, 2.45) is 5.92 Å². The van der Waals surface area contributed by atoms with Crippen molar-refractivity contribution in [3.05, 3.63) is 53.7 Å². The summed E-state index contributed by atoms with van der Waals surface area (Å²) >= 11 is 0. The number of anilines is 2. The minimum Gasteiger partial charge on any atom is -0.423 e. The van der Waals surface area contributed by atoms with Crippen LogP contribution < -0.4 is 20.3 Å². The second-order valence-electron chi connectivity index (χ2n) is 8.36. The molecule has 31 heavy (non-hydrogen) atoms. The van der Waals surface area contributed by atoms with Crippen LogP contribution in [-0.4, -0.2) is 47.7 Å². The molecular weight excluding hydrogens is 395 g/mol. The molecule has 3 aromatic rings. The standard InChI is InChI=1S/C23H23FN6O/c1-25-18-8-14(24)7-17-16(18)9-19-21(17)22(30-11-13-4-6-27-20(13)12-30)29-23(28-19)31-15-3-2-5-26-10-15/h2-3,5,7-8,10,13,20,25,27H,4,6,9,11-12H2,1H3/t13-,20+/m1/s1. The largest absolute Gasteiger partial charge is 0.423 e. The molecule has 1 aromatic carbocycles. The summed E-state index contributed by atoms with van der Waals surface area (Å²) in [4.78, 5) is 16.0. The highest BCUT2D eigenvalue weighted by Gasteiger charge is 2.39. The van der Waals surface area contributed by atoms with Crippen molar-refractivity contribution < 1.29 is 9.13 Å². The topological polar surface area (TPSA) is 75.2 Å². The van der Waals surface area contributed by atoms with Crippen molar-refractivity contribution in [2.75, 3.05) is 36.9 Å². The molecule has 4 heterocycles. The molecule has 1 aliphatic carbocycles. The second kappa shape index (κ2) is 7.16.